The molecule has 7 rings (SSSR count). The highest BCUT2D eigenvalue weighted by atomic mass is 35.5. The summed E-state index contributed by atoms with van der Waals surface area (Å²) < 4.78 is 1.72. The van der Waals surface area contributed by atoms with Gasteiger partial charge in [-0.1, -0.05) is 41.6 Å². The van der Waals surface area contributed by atoms with Gasteiger partial charge in [0.25, 0.3) is 5.56 Å². The second-order valence-electron chi connectivity index (χ2n) is 12.2. The number of phenols is 1. The number of benzene rings is 3. The Morgan fingerprint density at radius 2 is 1.94 bits per heavy atom. The average Bonchev–Trinajstić information content (AvgIpc) is 3.75. The Hall–Kier alpha value is -5.77. The molecule has 12 nitrogen and oxygen atoms in total. The van der Waals surface area contributed by atoms with Crippen LogP contribution in [0.2, 0.25) is 5.02 Å². The van der Waals surface area contributed by atoms with E-state index in [-0.39, 0.29) is 35.6 Å². The summed E-state index contributed by atoms with van der Waals surface area (Å²) in [6.07, 6.45) is 4.23. The Labute approximate surface area is 292 Å². The van der Waals surface area contributed by atoms with Crippen LogP contribution in [0.1, 0.15) is 48.2 Å². The van der Waals surface area contributed by atoms with Gasteiger partial charge in [0.05, 0.1) is 22.8 Å². The highest BCUT2D eigenvalue weighted by molar-refractivity contribution is 6.31. The predicted octanol–water partition coefficient (Wildman–Crippen LogP) is 4.31. The second kappa shape index (κ2) is 14.4. The fourth-order valence-electron chi connectivity index (χ4n) is 6.24. The predicted molar refractivity (Wildman–Crippen MR) is 193 cm³/mol. The minimum Gasteiger partial charge on any atom is -0.508 e. The average molecular weight is 688 g/mol. The number of aromatic nitrogens is 6. The number of rotatable bonds is 9. The molecule has 3 aromatic carbocycles. The maximum atomic E-state index is 13.4. The fourth-order valence-corrected chi connectivity index (χ4v) is 6.49. The molecule has 252 valence electrons. The minimum atomic E-state index is -0.285. The molecule has 6 N–H and O–H groups in total. The summed E-state index contributed by atoms with van der Waals surface area (Å²) in [6.45, 7) is 2.01. The van der Waals surface area contributed by atoms with Crippen LogP contribution in [0.3, 0.4) is 0 Å². The van der Waals surface area contributed by atoms with E-state index in [1.807, 2.05) is 18.2 Å². The molecule has 6 aromatic rings. The largest absolute Gasteiger partial charge is 0.508 e. The van der Waals surface area contributed by atoms with E-state index in [9.17, 15) is 14.7 Å². The van der Waals surface area contributed by atoms with Gasteiger partial charge in [-0.25, -0.2) is 19.6 Å². The van der Waals surface area contributed by atoms with Crippen molar-refractivity contribution in [1.82, 2.24) is 40.3 Å². The Morgan fingerprint density at radius 3 is 2.76 bits per heavy atom. The summed E-state index contributed by atoms with van der Waals surface area (Å²) in [4.78, 5) is 42.0. The standard InChI is InChI=1S/C37H34ClN9O3/c38-28-9-4-8-24(27(28)20-47-36-33(35(39)41-21-42-36)34(46-47)23-12-14-26(48)15-13-23)18-30-44-29-10-5-7-22(32(29)37(50)45-30)6-2-1-3-11-31(49)43-25-16-17-40-19-25/h4-5,7-10,12-15,21,25,40,48H,1,3,11,16-20H2,(H,43,49)(H2,39,41,42)(H,44,45,50). The first-order chi connectivity index (χ1) is 24.3. The van der Waals surface area contributed by atoms with Crippen LogP contribution in [0.15, 0.2) is 71.8 Å². The number of amides is 1. The van der Waals surface area contributed by atoms with Crippen molar-refractivity contribution in [2.75, 3.05) is 18.8 Å². The van der Waals surface area contributed by atoms with Crippen LogP contribution in [-0.2, 0) is 17.8 Å². The van der Waals surface area contributed by atoms with Gasteiger partial charge in [0.2, 0.25) is 5.91 Å². The second-order valence-corrected chi connectivity index (χ2v) is 12.6. The van der Waals surface area contributed by atoms with Gasteiger partial charge >= 0.3 is 0 Å². The van der Waals surface area contributed by atoms with Crippen LogP contribution in [0, 0.1) is 11.8 Å². The van der Waals surface area contributed by atoms with Crippen molar-refractivity contribution in [3.8, 4) is 28.8 Å². The summed E-state index contributed by atoms with van der Waals surface area (Å²) in [6, 6.07) is 17.9. The van der Waals surface area contributed by atoms with Gasteiger partial charge in [0.1, 0.15) is 29.4 Å². The van der Waals surface area contributed by atoms with Crippen molar-refractivity contribution in [2.24, 2.45) is 0 Å². The molecule has 1 amide bonds. The topological polar surface area (TPSA) is 177 Å². The highest BCUT2D eigenvalue weighted by Gasteiger charge is 2.20. The zero-order valence-corrected chi connectivity index (χ0v) is 27.8. The van der Waals surface area contributed by atoms with E-state index in [0.29, 0.717) is 69.7 Å². The van der Waals surface area contributed by atoms with Crippen molar-refractivity contribution >= 4 is 45.3 Å². The van der Waals surface area contributed by atoms with Gasteiger partial charge in [-0.05, 0) is 73.0 Å². The maximum Gasteiger partial charge on any atom is 0.260 e. The molecular formula is C37H34ClN9O3. The van der Waals surface area contributed by atoms with Crippen LogP contribution < -0.4 is 21.9 Å². The first-order valence-corrected chi connectivity index (χ1v) is 16.8. The molecular weight excluding hydrogens is 654 g/mol. The van der Waals surface area contributed by atoms with Crippen LogP contribution in [-0.4, -0.2) is 59.9 Å². The van der Waals surface area contributed by atoms with E-state index in [4.69, 9.17) is 27.4 Å². The molecule has 0 spiro atoms. The molecule has 13 heteroatoms. The number of hydrogen-bond acceptors (Lipinski definition) is 9. The van der Waals surface area contributed by atoms with Crippen LogP contribution in [0.25, 0.3) is 33.2 Å². The molecule has 4 heterocycles. The Kier molecular flexibility index (Phi) is 9.42. The number of aromatic hydroxyl groups is 1. The molecule has 0 aliphatic carbocycles. The fraction of sp³-hybridized carbons (Fsp3) is 0.243. The molecule has 50 heavy (non-hydrogen) atoms. The lowest BCUT2D eigenvalue weighted by Crippen LogP contribution is -2.35. The number of nitrogens with zero attached hydrogens (tertiary/aromatic N) is 5. The zero-order chi connectivity index (χ0) is 34.6. The number of hydrogen-bond donors (Lipinski definition) is 5. The van der Waals surface area contributed by atoms with E-state index >= 15 is 0 Å². The number of phenolic OH excluding ortho intramolecular Hbond substituents is 1. The molecule has 1 atom stereocenters. The monoisotopic (exact) mass is 687 g/mol. The molecule has 1 aliphatic heterocycles. The number of H-pyrrole nitrogens is 1. The van der Waals surface area contributed by atoms with Crippen molar-refractivity contribution in [3.63, 3.8) is 0 Å². The lowest BCUT2D eigenvalue weighted by Gasteiger charge is -2.12. The summed E-state index contributed by atoms with van der Waals surface area (Å²) in [5, 5.41) is 22.5. The van der Waals surface area contributed by atoms with Gasteiger partial charge < -0.3 is 26.5 Å². The third-order valence-electron chi connectivity index (χ3n) is 8.72. The number of aromatic amines is 1. The van der Waals surface area contributed by atoms with Crippen molar-refractivity contribution in [3.05, 3.63) is 105 Å². The normalized spacial score (nSPS) is 14.1. The third-order valence-corrected chi connectivity index (χ3v) is 9.07. The van der Waals surface area contributed by atoms with Crippen molar-refractivity contribution < 1.29 is 9.90 Å². The van der Waals surface area contributed by atoms with E-state index in [2.05, 4.69) is 37.4 Å². The Bertz CT molecular complexity index is 2340. The van der Waals surface area contributed by atoms with Gasteiger partial charge in [0, 0.05) is 48.0 Å². The number of nitrogens with one attached hydrogen (secondary N) is 3. The van der Waals surface area contributed by atoms with Gasteiger partial charge in [-0.2, -0.15) is 5.10 Å². The molecule has 1 saturated heterocycles. The van der Waals surface area contributed by atoms with E-state index < -0.39 is 0 Å². The number of nitrogens with two attached hydrogens (primary N) is 1. The number of carbonyl (C=O) groups is 1. The number of unbranched alkanes of at least 4 members (excludes halogenated alkanes) is 1. The number of carbonyl (C=O) groups excluding carboxylic acids is 1. The number of anilines is 1. The lowest BCUT2D eigenvalue weighted by atomic mass is 10.0. The van der Waals surface area contributed by atoms with Crippen molar-refractivity contribution in [2.45, 2.75) is 44.7 Å². The summed E-state index contributed by atoms with van der Waals surface area (Å²) in [5.74, 6) is 7.16. The van der Waals surface area contributed by atoms with Crippen LogP contribution in [0.4, 0.5) is 5.82 Å². The zero-order valence-electron chi connectivity index (χ0n) is 27.0. The lowest BCUT2D eigenvalue weighted by molar-refractivity contribution is -0.121. The molecule has 1 aliphatic rings. The molecule has 0 saturated carbocycles. The van der Waals surface area contributed by atoms with Gasteiger partial charge in [-0.15, -0.1) is 0 Å². The summed E-state index contributed by atoms with van der Waals surface area (Å²) >= 11 is 6.78. The first-order valence-electron chi connectivity index (χ1n) is 16.4. The number of fused-ring (bicyclic) bond motifs is 2. The Morgan fingerprint density at radius 1 is 1.10 bits per heavy atom. The smallest absolute Gasteiger partial charge is 0.260 e. The minimum absolute atomic E-state index is 0.0390. The molecule has 1 fully saturated rings. The van der Waals surface area contributed by atoms with E-state index in [0.717, 1.165) is 36.2 Å². The third kappa shape index (κ3) is 7.01. The summed E-state index contributed by atoms with van der Waals surface area (Å²) in [5.41, 5.74) is 10.6. The molecule has 3 aromatic heterocycles. The van der Waals surface area contributed by atoms with E-state index in [1.165, 1.54) is 6.33 Å². The van der Waals surface area contributed by atoms with Gasteiger partial charge in [0.15, 0.2) is 5.65 Å². The first kappa shape index (κ1) is 32.8. The van der Waals surface area contributed by atoms with Crippen LogP contribution in [0.5, 0.6) is 5.75 Å². The molecule has 0 radical (unpaired) electrons. The van der Waals surface area contributed by atoms with Gasteiger partial charge in [-0.3, -0.25) is 9.59 Å². The highest BCUT2D eigenvalue weighted by Crippen LogP contribution is 2.32. The SMILES string of the molecule is Nc1ncnc2c1c(-c1ccc(O)cc1)nn2Cc1c(Cl)cccc1Cc1nc2cccc(C#CCCCC(=O)NC3CCNC3)c2c(=O)[nH]1. The molecule has 0 bridgehead atoms. The Balaban J connectivity index is 1.12. The quantitative estimate of drug-likeness (QED) is 0.110. The van der Waals surface area contributed by atoms with Crippen LogP contribution >= 0.6 is 11.6 Å². The maximum absolute atomic E-state index is 13.4. The van der Waals surface area contributed by atoms with Crippen molar-refractivity contribution in [1.29, 1.82) is 0 Å². The number of halogens is 1. The number of nitrogen functional groups attached to an aromatic ring is 1. The molecule has 1 unspecified atom stereocenters. The van der Waals surface area contributed by atoms with E-state index in [1.54, 1.807) is 47.1 Å². The summed E-state index contributed by atoms with van der Waals surface area (Å²) in [7, 11) is 0.